The molecule has 0 saturated carbocycles. The Morgan fingerprint density at radius 1 is 1.38 bits per heavy atom. The molecule has 0 radical (unpaired) electrons. The van der Waals surface area contributed by atoms with E-state index in [1.54, 1.807) is 0 Å². The van der Waals surface area contributed by atoms with E-state index in [-0.39, 0.29) is 13.4 Å². The molecule has 94 valence electrons. The van der Waals surface area contributed by atoms with E-state index in [0.717, 1.165) is 0 Å². The fraction of sp³-hybridized carbons (Fsp3) is 1.00. The highest BCUT2D eigenvalue weighted by atomic mass is 19.1. The molecule has 2 saturated heterocycles. The lowest BCUT2D eigenvalue weighted by Gasteiger charge is -2.36. The summed E-state index contributed by atoms with van der Waals surface area (Å²) in [4.78, 5) is 0. The number of aliphatic hydroxyl groups excluding tert-OH is 1. The highest BCUT2D eigenvalue weighted by Crippen LogP contribution is 2.33. The monoisotopic (exact) mass is 238 g/mol. The molecule has 2 rings (SSSR count). The smallest absolute Gasteiger partial charge is 0.187 e. The molecule has 2 aliphatic heterocycles. The Bertz CT molecular complexity index is 228. The number of hydrogen-bond donors (Lipinski definition) is 1. The Labute approximate surface area is 92.2 Å². The van der Waals surface area contributed by atoms with Crippen LogP contribution in [0.2, 0.25) is 0 Å². The molecule has 1 N–H and O–H groups in total. The molecule has 2 unspecified atom stereocenters. The van der Waals surface area contributed by atoms with Crippen LogP contribution in [0.3, 0.4) is 0 Å². The molecular formula is C9H15FO6. The second kappa shape index (κ2) is 5.35. The summed E-state index contributed by atoms with van der Waals surface area (Å²) in [5, 5.41) is 8.73. The van der Waals surface area contributed by atoms with Gasteiger partial charge in [0, 0.05) is 7.11 Å². The molecule has 0 aliphatic carbocycles. The van der Waals surface area contributed by atoms with Crippen molar-refractivity contribution in [3.8, 4) is 0 Å². The minimum absolute atomic E-state index is 0.0458. The van der Waals surface area contributed by atoms with Crippen LogP contribution in [0.15, 0.2) is 0 Å². The van der Waals surface area contributed by atoms with Crippen LogP contribution in [0.1, 0.15) is 0 Å². The Kier molecular flexibility index (Phi) is 4.06. The van der Waals surface area contributed by atoms with Crippen LogP contribution in [0.5, 0.6) is 0 Å². The van der Waals surface area contributed by atoms with Gasteiger partial charge < -0.3 is 28.8 Å². The van der Waals surface area contributed by atoms with Crippen LogP contribution < -0.4 is 0 Å². The third-order valence-electron chi connectivity index (χ3n) is 2.64. The largest absolute Gasteiger partial charge is 0.371 e. The molecule has 0 aromatic heterocycles. The van der Waals surface area contributed by atoms with Gasteiger partial charge in [0.05, 0.1) is 6.61 Å². The van der Waals surface area contributed by atoms with Crippen LogP contribution in [0, 0.1) is 0 Å². The zero-order valence-corrected chi connectivity index (χ0v) is 8.87. The van der Waals surface area contributed by atoms with Crippen molar-refractivity contribution in [3.63, 3.8) is 0 Å². The second-order valence-corrected chi connectivity index (χ2v) is 3.62. The van der Waals surface area contributed by atoms with Crippen molar-refractivity contribution in [2.45, 2.75) is 30.8 Å². The van der Waals surface area contributed by atoms with E-state index in [1.807, 2.05) is 0 Å². The summed E-state index contributed by atoms with van der Waals surface area (Å²) in [5.41, 5.74) is 0. The maximum atomic E-state index is 13.9. The Balaban J connectivity index is 2.03. The lowest BCUT2D eigenvalue weighted by atomic mass is 10.0. The lowest BCUT2D eigenvalue weighted by molar-refractivity contribution is -0.267. The molecule has 0 aromatic rings. The topological polar surface area (TPSA) is 66.4 Å². The predicted molar refractivity (Wildman–Crippen MR) is 48.2 cm³/mol. The maximum Gasteiger partial charge on any atom is 0.187 e. The van der Waals surface area contributed by atoms with Crippen LogP contribution in [0.4, 0.5) is 4.39 Å². The average molecular weight is 238 g/mol. The van der Waals surface area contributed by atoms with E-state index in [2.05, 4.69) is 0 Å². The van der Waals surface area contributed by atoms with Gasteiger partial charge in [-0.05, 0) is 0 Å². The fourth-order valence-electron chi connectivity index (χ4n) is 1.92. The molecule has 2 aliphatic rings. The van der Waals surface area contributed by atoms with Crippen molar-refractivity contribution in [1.82, 2.24) is 0 Å². The second-order valence-electron chi connectivity index (χ2n) is 3.62. The average Bonchev–Trinajstić information content (AvgIpc) is 2.72. The van der Waals surface area contributed by atoms with Gasteiger partial charge in [-0.15, -0.1) is 0 Å². The zero-order chi connectivity index (χ0) is 11.5. The van der Waals surface area contributed by atoms with E-state index in [9.17, 15) is 4.39 Å². The first kappa shape index (κ1) is 12.2. The summed E-state index contributed by atoms with van der Waals surface area (Å²) in [7, 11) is 1.44. The van der Waals surface area contributed by atoms with Crippen LogP contribution in [0.25, 0.3) is 0 Å². The molecule has 2 heterocycles. The molecule has 0 spiro atoms. The Morgan fingerprint density at radius 2 is 2.19 bits per heavy atom. The summed E-state index contributed by atoms with van der Waals surface area (Å²) in [5.74, 6) is 0. The Morgan fingerprint density at radius 3 is 2.88 bits per heavy atom. The summed E-state index contributed by atoms with van der Waals surface area (Å²) in [6.45, 7) is -0.419. The van der Waals surface area contributed by atoms with Gasteiger partial charge >= 0.3 is 0 Å². The van der Waals surface area contributed by atoms with Crippen molar-refractivity contribution in [2.24, 2.45) is 0 Å². The molecule has 2 fully saturated rings. The first-order valence-corrected chi connectivity index (χ1v) is 5.02. The predicted octanol–water partition coefficient (Wildman–Crippen LogP) is -0.596. The highest BCUT2D eigenvalue weighted by Gasteiger charge is 2.52. The van der Waals surface area contributed by atoms with E-state index in [4.69, 9.17) is 28.8 Å². The molecule has 5 atom stereocenters. The van der Waals surface area contributed by atoms with Gasteiger partial charge in [0.2, 0.25) is 0 Å². The SMILES string of the molecule is COCO[C@H]1[C@@H](F)C2COC(O2)[C@@H]1OCO. The minimum atomic E-state index is -1.36. The van der Waals surface area contributed by atoms with Gasteiger partial charge in [0.25, 0.3) is 0 Å². The van der Waals surface area contributed by atoms with Gasteiger partial charge in [-0.2, -0.15) is 0 Å². The summed E-state index contributed by atoms with van der Waals surface area (Å²) in [6.07, 6.45) is -4.31. The van der Waals surface area contributed by atoms with Crippen molar-refractivity contribution < 1.29 is 33.2 Å². The fourth-order valence-corrected chi connectivity index (χ4v) is 1.92. The number of aliphatic hydroxyl groups is 1. The van der Waals surface area contributed by atoms with Crippen LogP contribution in [-0.4, -0.2) is 63.2 Å². The van der Waals surface area contributed by atoms with Gasteiger partial charge in [0.1, 0.15) is 31.9 Å². The summed E-state index contributed by atoms with van der Waals surface area (Å²) in [6, 6.07) is 0. The number of hydrogen-bond acceptors (Lipinski definition) is 6. The van der Waals surface area contributed by atoms with Crippen molar-refractivity contribution in [2.75, 3.05) is 27.3 Å². The quantitative estimate of drug-likeness (QED) is 0.645. The normalized spacial score (nSPS) is 42.6. The lowest BCUT2D eigenvalue weighted by Crippen LogP contribution is -2.54. The van der Waals surface area contributed by atoms with Gasteiger partial charge in [-0.3, -0.25) is 0 Å². The number of halogens is 1. The van der Waals surface area contributed by atoms with Gasteiger partial charge in [-0.25, -0.2) is 4.39 Å². The van der Waals surface area contributed by atoms with Crippen molar-refractivity contribution in [3.05, 3.63) is 0 Å². The van der Waals surface area contributed by atoms with Gasteiger partial charge in [0.15, 0.2) is 12.5 Å². The standard InChI is InChI=1S/C9H15FO6/c1-12-4-15-7-6(10)5-2-13-9(16-5)8(7)14-3-11/h5-9,11H,2-4H2,1H3/t5?,6-,7-,8+,9?/m0/s1. The number of methoxy groups -OCH3 is 1. The van der Waals surface area contributed by atoms with Gasteiger partial charge in [-0.1, -0.05) is 0 Å². The van der Waals surface area contributed by atoms with Crippen LogP contribution >= 0.6 is 0 Å². The summed E-state index contributed by atoms with van der Waals surface area (Å²) < 4.78 is 39.2. The maximum absolute atomic E-state index is 13.9. The third kappa shape index (κ3) is 2.20. The van der Waals surface area contributed by atoms with E-state index >= 15 is 0 Å². The highest BCUT2D eigenvalue weighted by molar-refractivity contribution is 4.94. The molecule has 6 nitrogen and oxygen atoms in total. The van der Waals surface area contributed by atoms with E-state index in [0.29, 0.717) is 0 Å². The number of alkyl halides is 1. The molecular weight excluding hydrogens is 223 g/mol. The zero-order valence-electron chi connectivity index (χ0n) is 8.87. The number of fused-ring (bicyclic) bond motifs is 2. The Hall–Kier alpha value is -0.310. The summed E-state index contributed by atoms with van der Waals surface area (Å²) >= 11 is 0. The van der Waals surface area contributed by atoms with E-state index < -0.39 is 37.6 Å². The van der Waals surface area contributed by atoms with Crippen molar-refractivity contribution >= 4 is 0 Å². The molecule has 16 heavy (non-hydrogen) atoms. The molecule has 7 heteroatoms. The van der Waals surface area contributed by atoms with Crippen molar-refractivity contribution in [1.29, 1.82) is 0 Å². The van der Waals surface area contributed by atoms with E-state index in [1.165, 1.54) is 7.11 Å². The first-order chi connectivity index (χ1) is 7.77. The number of rotatable bonds is 5. The molecule has 0 aromatic carbocycles. The number of ether oxygens (including phenoxy) is 5. The molecule has 0 amide bonds. The third-order valence-corrected chi connectivity index (χ3v) is 2.64. The minimum Gasteiger partial charge on any atom is -0.371 e. The first-order valence-electron chi connectivity index (χ1n) is 5.02. The molecule has 2 bridgehead atoms. The van der Waals surface area contributed by atoms with Crippen LogP contribution in [-0.2, 0) is 23.7 Å².